The maximum Gasteiger partial charge on any atom is 0.262 e. The fourth-order valence-corrected chi connectivity index (χ4v) is 2.32. The van der Waals surface area contributed by atoms with Gasteiger partial charge in [-0.2, -0.15) is 0 Å². The molecule has 1 amide bonds. The maximum atomic E-state index is 11.5. The van der Waals surface area contributed by atoms with Gasteiger partial charge in [-0.3, -0.25) is 4.79 Å². The van der Waals surface area contributed by atoms with Crippen LogP contribution < -0.4 is 0 Å². The first kappa shape index (κ1) is 8.75. The molecular weight excluding hydrogens is 286 g/mol. The van der Waals surface area contributed by atoms with Crippen molar-refractivity contribution in [3.63, 3.8) is 0 Å². The minimum absolute atomic E-state index is 0.145. The van der Waals surface area contributed by atoms with Crippen LogP contribution in [0.3, 0.4) is 0 Å². The number of hydrogen-bond acceptors (Lipinski definition) is 1. The monoisotopic (exact) mass is 293 g/mol. The lowest BCUT2D eigenvalue weighted by Gasteiger charge is -2.34. The van der Waals surface area contributed by atoms with Gasteiger partial charge in [-0.25, -0.2) is 0 Å². The largest absolute Gasteiger partial charge is 0.330 e. The standard InChI is InChI=1S/C8H9Br2NO/c9-6-4-11(5-2-1-3-5)8(12)7(6)10/h5H,1-4H2. The molecule has 2 rings (SSSR count). The average Bonchev–Trinajstić information content (AvgIpc) is 2.15. The van der Waals surface area contributed by atoms with E-state index in [0.717, 1.165) is 11.0 Å². The molecule has 1 heterocycles. The van der Waals surface area contributed by atoms with Crippen LogP contribution >= 0.6 is 31.9 Å². The Hall–Kier alpha value is 0.170. The third-order valence-corrected chi connectivity index (χ3v) is 4.51. The van der Waals surface area contributed by atoms with Crippen LogP contribution in [0.25, 0.3) is 0 Å². The fraction of sp³-hybridized carbons (Fsp3) is 0.625. The van der Waals surface area contributed by atoms with Gasteiger partial charge in [-0.1, -0.05) is 15.9 Å². The first-order chi connectivity index (χ1) is 5.70. The number of rotatable bonds is 1. The molecule has 0 unspecified atom stereocenters. The highest BCUT2D eigenvalue weighted by atomic mass is 79.9. The van der Waals surface area contributed by atoms with Gasteiger partial charge in [0.2, 0.25) is 0 Å². The van der Waals surface area contributed by atoms with Crippen LogP contribution in [0.15, 0.2) is 8.96 Å². The number of amides is 1. The van der Waals surface area contributed by atoms with Crippen molar-refractivity contribution in [1.29, 1.82) is 0 Å². The second-order valence-corrected chi connectivity index (χ2v) is 4.99. The molecule has 0 saturated heterocycles. The summed E-state index contributed by atoms with van der Waals surface area (Å²) in [7, 11) is 0. The second-order valence-electron chi connectivity index (χ2n) is 3.24. The van der Waals surface area contributed by atoms with E-state index in [-0.39, 0.29) is 5.91 Å². The molecule has 0 spiro atoms. The Bertz CT molecular complexity index is 258. The van der Waals surface area contributed by atoms with Gasteiger partial charge in [0.1, 0.15) is 0 Å². The van der Waals surface area contributed by atoms with Crippen LogP contribution in [-0.2, 0) is 4.79 Å². The smallest absolute Gasteiger partial charge is 0.262 e. The Kier molecular flexibility index (Phi) is 2.29. The van der Waals surface area contributed by atoms with Gasteiger partial charge < -0.3 is 4.90 Å². The molecule has 0 aromatic rings. The van der Waals surface area contributed by atoms with Gasteiger partial charge in [0.15, 0.2) is 0 Å². The van der Waals surface area contributed by atoms with Crippen molar-refractivity contribution in [2.24, 2.45) is 0 Å². The molecule has 0 bridgehead atoms. The Morgan fingerprint density at radius 2 is 2.00 bits per heavy atom. The minimum atomic E-state index is 0.145. The van der Waals surface area contributed by atoms with Gasteiger partial charge in [0.05, 0.1) is 11.0 Å². The Labute approximate surface area is 88.2 Å². The van der Waals surface area contributed by atoms with E-state index in [1.807, 2.05) is 4.90 Å². The summed E-state index contributed by atoms with van der Waals surface area (Å²) < 4.78 is 1.69. The zero-order valence-corrected chi connectivity index (χ0v) is 9.69. The normalized spacial score (nSPS) is 25.2. The SMILES string of the molecule is O=C1C(Br)=C(Br)CN1C1CCC1. The molecule has 0 N–H and O–H groups in total. The van der Waals surface area contributed by atoms with Crippen molar-refractivity contribution in [3.8, 4) is 0 Å². The lowest BCUT2D eigenvalue weighted by atomic mass is 9.92. The van der Waals surface area contributed by atoms with Gasteiger partial charge in [0, 0.05) is 10.5 Å². The van der Waals surface area contributed by atoms with E-state index < -0.39 is 0 Å². The van der Waals surface area contributed by atoms with E-state index in [1.54, 1.807) is 0 Å². The summed E-state index contributed by atoms with van der Waals surface area (Å²) in [6.45, 7) is 0.754. The predicted molar refractivity (Wildman–Crippen MR) is 54.2 cm³/mol. The summed E-state index contributed by atoms with van der Waals surface area (Å²) in [5.41, 5.74) is 0. The molecular formula is C8H9Br2NO. The summed E-state index contributed by atoms with van der Waals surface area (Å²) in [6.07, 6.45) is 3.61. The van der Waals surface area contributed by atoms with Gasteiger partial charge in [-0.15, -0.1) is 0 Å². The van der Waals surface area contributed by atoms with Gasteiger partial charge in [-0.05, 0) is 35.2 Å². The average molecular weight is 295 g/mol. The summed E-state index contributed by atoms with van der Waals surface area (Å²) in [5, 5.41) is 0. The quantitative estimate of drug-likeness (QED) is 0.727. The van der Waals surface area contributed by atoms with Gasteiger partial charge >= 0.3 is 0 Å². The molecule has 2 nitrogen and oxygen atoms in total. The van der Waals surface area contributed by atoms with E-state index in [4.69, 9.17) is 0 Å². The predicted octanol–water partition coefficient (Wildman–Crippen LogP) is 2.38. The zero-order chi connectivity index (χ0) is 8.72. The molecule has 66 valence electrons. The number of hydrogen-bond donors (Lipinski definition) is 0. The van der Waals surface area contributed by atoms with Crippen molar-refractivity contribution in [2.75, 3.05) is 6.54 Å². The Balaban J connectivity index is 2.09. The molecule has 1 saturated carbocycles. The summed E-state index contributed by atoms with van der Waals surface area (Å²) in [6, 6.07) is 0.500. The van der Waals surface area contributed by atoms with E-state index in [0.29, 0.717) is 10.5 Å². The minimum Gasteiger partial charge on any atom is -0.330 e. The molecule has 1 fully saturated rings. The highest BCUT2D eigenvalue weighted by Crippen LogP contribution is 2.34. The van der Waals surface area contributed by atoms with Gasteiger partial charge in [0.25, 0.3) is 5.91 Å². The summed E-state index contributed by atoms with van der Waals surface area (Å²) in [5.74, 6) is 0.145. The molecule has 2 aliphatic rings. The first-order valence-corrected chi connectivity index (χ1v) is 5.64. The zero-order valence-electron chi connectivity index (χ0n) is 6.52. The van der Waals surface area contributed by atoms with Crippen molar-refractivity contribution >= 4 is 37.8 Å². The van der Waals surface area contributed by atoms with Crippen LogP contribution in [0.2, 0.25) is 0 Å². The molecule has 0 aromatic heterocycles. The lowest BCUT2D eigenvalue weighted by molar-refractivity contribution is -0.128. The highest BCUT2D eigenvalue weighted by Gasteiger charge is 2.35. The molecule has 1 aliphatic carbocycles. The third-order valence-electron chi connectivity index (χ3n) is 2.51. The molecule has 4 heteroatoms. The first-order valence-electron chi connectivity index (χ1n) is 4.05. The summed E-state index contributed by atoms with van der Waals surface area (Å²) >= 11 is 6.65. The van der Waals surface area contributed by atoms with Crippen molar-refractivity contribution in [2.45, 2.75) is 25.3 Å². The fourth-order valence-electron chi connectivity index (χ4n) is 1.53. The van der Waals surface area contributed by atoms with Crippen molar-refractivity contribution in [3.05, 3.63) is 8.96 Å². The van der Waals surface area contributed by atoms with Crippen LogP contribution in [0.1, 0.15) is 19.3 Å². The molecule has 0 radical (unpaired) electrons. The van der Waals surface area contributed by atoms with E-state index >= 15 is 0 Å². The number of halogens is 2. The number of carbonyl (C=O) groups excluding carboxylic acids is 1. The third kappa shape index (κ3) is 1.25. The molecule has 12 heavy (non-hydrogen) atoms. The second kappa shape index (κ2) is 3.14. The lowest BCUT2D eigenvalue weighted by Crippen LogP contribution is -2.41. The highest BCUT2D eigenvalue weighted by molar-refractivity contribution is 9.14. The van der Waals surface area contributed by atoms with E-state index in [2.05, 4.69) is 31.9 Å². The Morgan fingerprint density at radius 1 is 1.33 bits per heavy atom. The molecule has 0 atom stereocenters. The van der Waals surface area contributed by atoms with Crippen molar-refractivity contribution in [1.82, 2.24) is 4.90 Å². The number of carbonyl (C=O) groups is 1. The maximum absolute atomic E-state index is 11.5. The van der Waals surface area contributed by atoms with Crippen LogP contribution in [0.4, 0.5) is 0 Å². The number of nitrogens with zero attached hydrogens (tertiary/aromatic N) is 1. The Morgan fingerprint density at radius 3 is 2.33 bits per heavy atom. The summed E-state index contributed by atoms with van der Waals surface area (Å²) in [4.78, 5) is 13.5. The van der Waals surface area contributed by atoms with Crippen molar-refractivity contribution < 1.29 is 4.79 Å². The molecule has 0 aromatic carbocycles. The van der Waals surface area contributed by atoms with E-state index in [1.165, 1.54) is 19.3 Å². The van der Waals surface area contributed by atoms with Crippen LogP contribution in [0, 0.1) is 0 Å². The van der Waals surface area contributed by atoms with Crippen LogP contribution in [0.5, 0.6) is 0 Å². The van der Waals surface area contributed by atoms with E-state index in [9.17, 15) is 4.79 Å². The molecule has 1 aliphatic heterocycles. The topological polar surface area (TPSA) is 20.3 Å². The van der Waals surface area contributed by atoms with Crippen LogP contribution in [-0.4, -0.2) is 23.4 Å².